The molecule has 1 amide bonds. The topological polar surface area (TPSA) is 67.6 Å². The van der Waals surface area contributed by atoms with Gasteiger partial charge in [0.25, 0.3) is 0 Å². The number of carbonyl (C=O) groups is 1. The largest absolute Gasteiger partial charge is 0.392 e. The number of anilines is 1. The number of carbonyl (C=O) groups excluding carboxylic acids is 1. The van der Waals surface area contributed by atoms with Crippen molar-refractivity contribution in [3.8, 4) is 6.07 Å². The van der Waals surface area contributed by atoms with Gasteiger partial charge in [0.2, 0.25) is 5.91 Å². The summed E-state index contributed by atoms with van der Waals surface area (Å²) >= 11 is 0. The second-order valence-electron chi connectivity index (χ2n) is 6.50. The highest BCUT2D eigenvalue weighted by Gasteiger charge is 2.38. The van der Waals surface area contributed by atoms with Gasteiger partial charge in [-0.1, -0.05) is 31.4 Å². The van der Waals surface area contributed by atoms with Gasteiger partial charge >= 0.3 is 0 Å². The van der Waals surface area contributed by atoms with E-state index in [-0.39, 0.29) is 19.1 Å². The Kier molecular flexibility index (Phi) is 6.22. The third kappa shape index (κ3) is 3.88. The molecule has 0 heterocycles. The standard InChI is InChI=1S/C19H27N3O2/c1-3-22(17-9-7-8-16(12-17)14-23)13-18(24)21(2)19(15-20)10-5-4-6-11-19/h7-9,12,23H,3-6,10-11,13-14H2,1-2H3. The molecular formula is C19H27N3O2. The molecular weight excluding hydrogens is 302 g/mol. The first-order valence-electron chi connectivity index (χ1n) is 8.69. The molecule has 1 aliphatic carbocycles. The van der Waals surface area contributed by atoms with E-state index in [9.17, 15) is 15.2 Å². The Hall–Kier alpha value is -2.06. The van der Waals surface area contributed by atoms with Crippen LogP contribution in [-0.2, 0) is 11.4 Å². The third-order valence-corrected chi connectivity index (χ3v) is 5.07. The molecule has 0 spiro atoms. The van der Waals surface area contributed by atoms with Crippen LogP contribution in [-0.4, -0.2) is 41.6 Å². The third-order valence-electron chi connectivity index (χ3n) is 5.07. The maximum atomic E-state index is 12.8. The lowest BCUT2D eigenvalue weighted by Crippen LogP contribution is -2.52. The molecule has 1 aromatic carbocycles. The lowest BCUT2D eigenvalue weighted by molar-refractivity contribution is -0.133. The maximum Gasteiger partial charge on any atom is 0.243 e. The molecule has 5 heteroatoms. The minimum Gasteiger partial charge on any atom is -0.392 e. The molecule has 1 N–H and O–H groups in total. The zero-order chi connectivity index (χ0) is 17.6. The lowest BCUT2D eigenvalue weighted by Gasteiger charge is -2.40. The molecule has 1 aromatic rings. The van der Waals surface area contributed by atoms with Gasteiger partial charge in [-0.05, 0) is 37.5 Å². The second-order valence-corrected chi connectivity index (χ2v) is 6.50. The van der Waals surface area contributed by atoms with Gasteiger partial charge in [0.15, 0.2) is 0 Å². The number of nitrogens with zero attached hydrogens (tertiary/aromatic N) is 3. The Labute approximate surface area is 144 Å². The quantitative estimate of drug-likeness (QED) is 0.871. The van der Waals surface area contributed by atoms with Gasteiger partial charge in [-0.25, -0.2) is 0 Å². The van der Waals surface area contributed by atoms with E-state index >= 15 is 0 Å². The average molecular weight is 329 g/mol. The van der Waals surface area contributed by atoms with Gasteiger partial charge in [-0.15, -0.1) is 0 Å². The molecule has 0 aliphatic heterocycles. The van der Waals surface area contributed by atoms with E-state index in [0.29, 0.717) is 6.54 Å². The monoisotopic (exact) mass is 329 g/mol. The maximum absolute atomic E-state index is 12.8. The van der Waals surface area contributed by atoms with Gasteiger partial charge in [0.1, 0.15) is 5.54 Å². The number of rotatable bonds is 6. The normalized spacial score (nSPS) is 16.2. The first-order valence-corrected chi connectivity index (χ1v) is 8.69. The summed E-state index contributed by atoms with van der Waals surface area (Å²) in [6.45, 7) is 2.91. The lowest BCUT2D eigenvalue weighted by atomic mass is 9.81. The predicted molar refractivity (Wildman–Crippen MR) is 94.5 cm³/mol. The van der Waals surface area contributed by atoms with Gasteiger partial charge in [-0.2, -0.15) is 5.26 Å². The van der Waals surface area contributed by atoms with Crippen LogP contribution < -0.4 is 4.90 Å². The van der Waals surface area contributed by atoms with Crippen molar-refractivity contribution in [2.75, 3.05) is 25.0 Å². The van der Waals surface area contributed by atoms with Crippen LogP contribution in [0.3, 0.4) is 0 Å². The number of hydrogen-bond acceptors (Lipinski definition) is 4. The first-order chi connectivity index (χ1) is 11.6. The predicted octanol–water partition coefficient (Wildman–Crippen LogP) is 2.69. The van der Waals surface area contributed by atoms with Crippen LogP contribution in [0.25, 0.3) is 0 Å². The fourth-order valence-electron chi connectivity index (χ4n) is 3.40. The van der Waals surface area contributed by atoms with Crippen molar-refractivity contribution in [3.63, 3.8) is 0 Å². The van der Waals surface area contributed by atoms with Crippen LogP contribution in [0.1, 0.15) is 44.6 Å². The van der Waals surface area contributed by atoms with Gasteiger partial charge < -0.3 is 14.9 Å². The zero-order valence-electron chi connectivity index (χ0n) is 14.7. The number of amides is 1. The Morgan fingerprint density at radius 2 is 2.04 bits per heavy atom. The van der Waals surface area contributed by atoms with Gasteiger partial charge in [-0.3, -0.25) is 4.79 Å². The Bertz CT molecular complexity index is 603. The molecule has 5 nitrogen and oxygen atoms in total. The van der Waals surface area contributed by atoms with Crippen molar-refractivity contribution in [3.05, 3.63) is 29.8 Å². The summed E-state index contributed by atoms with van der Waals surface area (Å²) in [6, 6.07) is 9.99. The highest BCUT2D eigenvalue weighted by molar-refractivity contribution is 5.82. The SMILES string of the molecule is CCN(CC(=O)N(C)C1(C#N)CCCCC1)c1cccc(CO)c1. The number of hydrogen-bond donors (Lipinski definition) is 1. The van der Waals surface area contributed by atoms with Crippen molar-refractivity contribution in [1.29, 1.82) is 5.26 Å². The van der Waals surface area contributed by atoms with Crippen molar-refractivity contribution < 1.29 is 9.90 Å². The van der Waals surface area contributed by atoms with Gasteiger partial charge in [0, 0.05) is 19.3 Å². The number of nitriles is 1. The molecule has 1 fully saturated rings. The molecule has 2 rings (SSSR count). The van der Waals surface area contributed by atoms with Crippen molar-refractivity contribution >= 4 is 11.6 Å². The van der Waals surface area contributed by atoms with Crippen molar-refractivity contribution in [2.24, 2.45) is 0 Å². The summed E-state index contributed by atoms with van der Waals surface area (Å²) in [5, 5.41) is 18.9. The van der Waals surface area contributed by atoms with Crippen molar-refractivity contribution in [2.45, 2.75) is 51.2 Å². The number of likely N-dealkylation sites (N-methyl/N-ethyl adjacent to an activating group) is 2. The van der Waals surface area contributed by atoms with E-state index in [2.05, 4.69) is 6.07 Å². The smallest absolute Gasteiger partial charge is 0.243 e. The molecule has 0 aromatic heterocycles. The summed E-state index contributed by atoms with van der Waals surface area (Å²) in [5.41, 5.74) is 1.09. The molecule has 1 aliphatic rings. The minimum absolute atomic E-state index is 0.0171. The van der Waals surface area contributed by atoms with E-state index in [1.54, 1.807) is 11.9 Å². The molecule has 0 unspecified atom stereocenters. The summed E-state index contributed by atoms with van der Waals surface area (Å²) < 4.78 is 0. The highest BCUT2D eigenvalue weighted by Crippen LogP contribution is 2.32. The molecule has 24 heavy (non-hydrogen) atoms. The van der Waals surface area contributed by atoms with E-state index in [4.69, 9.17) is 0 Å². The number of aliphatic hydroxyl groups is 1. The average Bonchev–Trinajstić information content (AvgIpc) is 2.65. The molecule has 0 saturated heterocycles. The number of benzene rings is 1. The van der Waals surface area contributed by atoms with Crippen LogP contribution in [0.4, 0.5) is 5.69 Å². The fourth-order valence-corrected chi connectivity index (χ4v) is 3.40. The Balaban J connectivity index is 2.12. The van der Waals surface area contributed by atoms with Crippen LogP contribution in [0, 0.1) is 11.3 Å². The molecule has 1 saturated carbocycles. The summed E-state index contributed by atoms with van der Waals surface area (Å²) in [7, 11) is 1.76. The minimum atomic E-state index is -0.651. The van der Waals surface area contributed by atoms with E-state index < -0.39 is 5.54 Å². The van der Waals surface area contributed by atoms with Crippen molar-refractivity contribution in [1.82, 2.24) is 4.90 Å². The number of aliphatic hydroxyl groups excluding tert-OH is 1. The van der Waals surface area contributed by atoms with E-state index in [1.807, 2.05) is 36.1 Å². The molecule has 0 bridgehead atoms. The first kappa shape index (κ1) is 18.3. The van der Waals surface area contributed by atoms with Crippen LogP contribution in [0.2, 0.25) is 0 Å². The highest BCUT2D eigenvalue weighted by atomic mass is 16.3. The summed E-state index contributed by atoms with van der Waals surface area (Å²) in [4.78, 5) is 16.4. The molecule has 130 valence electrons. The zero-order valence-corrected chi connectivity index (χ0v) is 14.7. The summed E-state index contributed by atoms with van der Waals surface area (Å²) in [5.74, 6) is -0.0327. The fraction of sp³-hybridized carbons (Fsp3) is 0.579. The van der Waals surface area contributed by atoms with Crippen LogP contribution >= 0.6 is 0 Å². The molecule has 0 radical (unpaired) electrons. The second kappa shape index (κ2) is 8.16. The van der Waals surface area contributed by atoms with Crippen LogP contribution in [0.15, 0.2) is 24.3 Å². The molecule has 0 atom stereocenters. The van der Waals surface area contributed by atoms with E-state index in [1.165, 1.54) is 0 Å². The van der Waals surface area contributed by atoms with E-state index in [0.717, 1.165) is 43.4 Å². The van der Waals surface area contributed by atoms with Gasteiger partial charge in [0.05, 0.1) is 19.2 Å². The van der Waals surface area contributed by atoms with Crippen LogP contribution in [0.5, 0.6) is 0 Å². The Morgan fingerprint density at radius 3 is 2.62 bits per heavy atom. The Morgan fingerprint density at radius 1 is 1.33 bits per heavy atom. The summed E-state index contributed by atoms with van der Waals surface area (Å²) in [6.07, 6.45) is 4.67.